The average molecular weight is 225 g/mol. The zero-order valence-electron chi connectivity index (χ0n) is 9.66. The van der Waals surface area contributed by atoms with Gasteiger partial charge in [-0.15, -0.1) is 11.8 Å². The molecule has 0 radical (unpaired) electrons. The van der Waals surface area contributed by atoms with Crippen molar-refractivity contribution in [2.45, 2.75) is 44.2 Å². The zero-order chi connectivity index (χ0) is 11.1. The van der Waals surface area contributed by atoms with Crippen molar-refractivity contribution in [3.63, 3.8) is 0 Å². The number of nitrogens with zero attached hydrogens (tertiary/aromatic N) is 2. The van der Waals surface area contributed by atoms with Crippen LogP contribution in [-0.2, 0) is 0 Å². The summed E-state index contributed by atoms with van der Waals surface area (Å²) in [6.07, 6.45) is 7.16. The van der Waals surface area contributed by atoms with Crippen LogP contribution in [0.15, 0.2) is 17.4 Å². The summed E-state index contributed by atoms with van der Waals surface area (Å²) >= 11 is 1.64. The predicted molar refractivity (Wildman–Crippen MR) is 66.4 cm³/mol. The number of anilines is 1. The standard InChI is InChI=1S/C11H19N3S/c1-4-6-9(5-2)14-10-7-11(15-3)13-8-12-10/h7-9H,4-6H2,1-3H3,(H,12,13,14). The summed E-state index contributed by atoms with van der Waals surface area (Å²) in [5.41, 5.74) is 0. The summed E-state index contributed by atoms with van der Waals surface area (Å²) in [5.74, 6) is 0.939. The SMILES string of the molecule is CCCC(CC)Nc1cc(SC)ncn1. The van der Waals surface area contributed by atoms with E-state index in [1.165, 1.54) is 12.8 Å². The molecule has 1 unspecified atom stereocenters. The van der Waals surface area contributed by atoms with E-state index in [0.29, 0.717) is 6.04 Å². The highest BCUT2D eigenvalue weighted by Crippen LogP contribution is 2.16. The van der Waals surface area contributed by atoms with Crippen LogP contribution in [-0.4, -0.2) is 22.3 Å². The van der Waals surface area contributed by atoms with Crippen LogP contribution in [0.3, 0.4) is 0 Å². The Balaban J connectivity index is 2.61. The molecule has 0 aromatic carbocycles. The Bertz CT molecular complexity index is 291. The number of nitrogens with one attached hydrogen (secondary N) is 1. The second-order valence-electron chi connectivity index (χ2n) is 3.48. The molecule has 3 nitrogen and oxygen atoms in total. The smallest absolute Gasteiger partial charge is 0.130 e. The molecule has 1 N–H and O–H groups in total. The first-order valence-corrected chi connectivity index (χ1v) is 6.65. The molecule has 15 heavy (non-hydrogen) atoms. The van der Waals surface area contributed by atoms with E-state index in [4.69, 9.17) is 0 Å². The van der Waals surface area contributed by atoms with Crippen molar-refractivity contribution >= 4 is 17.6 Å². The van der Waals surface area contributed by atoms with Crippen molar-refractivity contribution in [2.24, 2.45) is 0 Å². The van der Waals surface area contributed by atoms with Gasteiger partial charge in [-0.2, -0.15) is 0 Å². The molecule has 0 amide bonds. The maximum atomic E-state index is 4.22. The van der Waals surface area contributed by atoms with Gasteiger partial charge in [0.15, 0.2) is 0 Å². The van der Waals surface area contributed by atoms with Crippen molar-refractivity contribution in [3.05, 3.63) is 12.4 Å². The average Bonchev–Trinajstić information content (AvgIpc) is 2.29. The molecule has 1 aromatic rings. The highest BCUT2D eigenvalue weighted by atomic mass is 32.2. The number of hydrogen-bond acceptors (Lipinski definition) is 4. The fourth-order valence-electron chi connectivity index (χ4n) is 1.47. The van der Waals surface area contributed by atoms with Crippen LogP contribution in [0.5, 0.6) is 0 Å². The van der Waals surface area contributed by atoms with Crippen LogP contribution < -0.4 is 5.32 Å². The molecule has 0 aliphatic carbocycles. The summed E-state index contributed by atoms with van der Waals surface area (Å²) in [4.78, 5) is 8.37. The van der Waals surface area contributed by atoms with Crippen LogP contribution in [0.2, 0.25) is 0 Å². The molecule has 0 aliphatic heterocycles. The molecule has 0 aliphatic rings. The maximum Gasteiger partial charge on any atom is 0.130 e. The van der Waals surface area contributed by atoms with Gasteiger partial charge in [-0.05, 0) is 19.1 Å². The lowest BCUT2D eigenvalue weighted by Crippen LogP contribution is -2.18. The molecule has 0 saturated carbocycles. The largest absolute Gasteiger partial charge is 0.367 e. The van der Waals surface area contributed by atoms with Gasteiger partial charge in [0.05, 0.1) is 0 Å². The molecule has 0 saturated heterocycles. The van der Waals surface area contributed by atoms with Gasteiger partial charge in [-0.3, -0.25) is 0 Å². The summed E-state index contributed by atoms with van der Waals surface area (Å²) in [7, 11) is 0. The minimum absolute atomic E-state index is 0.527. The minimum atomic E-state index is 0.527. The van der Waals surface area contributed by atoms with E-state index in [0.717, 1.165) is 17.3 Å². The minimum Gasteiger partial charge on any atom is -0.367 e. The summed E-state index contributed by atoms with van der Waals surface area (Å²) in [5, 5.41) is 4.45. The Morgan fingerprint density at radius 3 is 2.80 bits per heavy atom. The maximum absolute atomic E-state index is 4.22. The van der Waals surface area contributed by atoms with Crippen LogP contribution in [0.25, 0.3) is 0 Å². The Morgan fingerprint density at radius 2 is 2.20 bits per heavy atom. The predicted octanol–water partition coefficient (Wildman–Crippen LogP) is 3.19. The zero-order valence-corrected chi connectivity index (χ0v) is 10.5. The van der Waals surface area contributed by atoms with Gasteiger partial charge in [0.25, 0.3) is 0 Å². The Hall–Kier alpha value is -0.770. The first-order valence-electron chi connectivity index (χ1n) is 5.42. The number of thioether (sulfide) groups is 1. The van der Waals surface area contributed by atoms with Gasteiger partial charge >= 0.3 is 0 Å². The van der Waals surface area contributed by atoms with Gasteiger partial charge in [-0.1, -0.05) is 20.3 Å². The van der Waals surface area contributed by atoms with Gasteiger partial charge in [-0.25, -0.2) is 9.97 Å². The summed E-state index contributed by atoms with van der Waals surface area (Å²) in [6.45, 7) is 4.40. The first-order chi connectivity index (χ1) is 7.30. The van der Waals surface area contributed by atoms with Crippen LogP contribution in [0.4, 0.5) is 5.82 Å². The van der Waals surface area contributed by atoms with Gasteiger partial charge in [0, 0.05) is 12.1 Å². The first kappa shape index (κ1) is 12.3. The topological polar surface area (TPSA) is 37.8 Å². The lowest BCUT2D eigenvalue weighted by atomic mass is 10.1. The van der Waals surface area contributed by atoms with Crippen molar-refractivity contribution in [1.29, 1.82) is 0 Å². The summed E-state index contributed by atoms with van der Waals surface area (Å²) in [6, 6.07) is 2.53. The van der Waals surface area contributed by atoms with E-state index in [9.17, 15) is 0 Å². The van der Waals surface area contributed by atoms with E-state index in [2.05, 4.69) is 29.1 Å². The van der Waals surface area contributed by atoms with Crippen molar-refractivity contribution in [3.8, 4) is 0 Å². The fourth-order valence-corrected chi connectivity index (χ4v) is 1.85. The van der Waals surface area contributed by atoms with E-state index in [1.54, 1.807) is 18.1 Å². The highest BCUT2D eigenvalue weighted by Gasteiger charge is 2.05. The molecular formula is C11H19N3S. The fraction of sp³-hybridized carbons (Fsp3) is 0.636. The number of aromatic nitrogens is 2. The molecule has 1 heterocycles. The van der Waals surface area contributed by atoms with E-state index in [1.807, 2.05) is 12.3 Å². The molecular weight excluding hydrogens is 206 g/mol. The number of hydrogen-bond donors (Lipinski definition) is 1. The van der Waals surface area contributed by atoms with E-state index in [-0.39, 0.29) is 0 Å². The molecule has 4 heteroatoms. The van der Waals surface area contributed by atoms with Crippen LogP contribution >= 0.6 is 11.8 Å². The third kappa shape index (κ3) is 4.08. The number of rotatable bonds is 6. The van der Waals surface area contributed by atoms with Crippen molar-refractivity contribution < 1.29 is 0 Å². The highest BCUT2D eigenvalue weighted by molar-refractivity contribution is 7.98. The molecule has 0 bridgehead atoms. The Kier molecular flexibility index (Phi) is 5.47. The van der Waals surface area contributed by atoms with Crippen molar-refractivity contribution in [2.75, 3.05) is 11.6 Å². The molecule has 1 rings (SSSR count). The lowest BCUT2D eigenvalue weighted by molar-refractivity contribution is 0.620. The lowest BCUT2D eigenvalue weighted by Gasteiger charge is -2.16. The van der Waals surface area contributed by atoms with E-state index < -0.39 is 0 Å². The second-order valence-corrected chi connectivity index (χ2v) is 4.31. The van der Waals surface area contributed by atoms with Crippen molar-refractivity contribution in [1.82, 2.24) is 9.97 Å². The van der Waals surface area contributed by atoms with E-state index >= 15 is 0 Å². The normalized spacial score (nSPS) is 12.5. The third-order valence-corrected chi connectivity index (χ3v) is 2.97. The second kappa shape index (κ2) is 6.67. The van der Waals surface area contributed by atoms with Gasteiger partial charge < -0.3 is 5.32 Å². The van der Waals surface area contributed by atoms with Gasteiger partial charge in [0.1, 0.15) is 17.2 Å². The van der Waals surface area contributed by atoms with Gasteiger partial charge in [0.2, 0.25) is 0 Å². The molecule has 0 fully saturated rings. The Labute approximate surface area is 96.1 Å². The quantitative estimate of drug-likeness (QED) is 0.596. The Morgan fingerprint density at radius 1 is 1.40 bits per heavy atom. The van der Waals surface area contributed by atoms with Crippen LogP contribution in [0.1, 0.15) is 33.1 Å². The molecule has 0 spiro atoms. The molecule has 1 atom stereocenters. The molecule has 84 valence electrons. The summed E-state index contributed by atoms with van der Waals surface area (Å²) < 4.78 is 0. The monoisotopic (exact) mass is 225 g/mol. The molecule has 1 aromatic heterocycles. The third-order valence-electron chi connectivity index (χ3n) is 2.33. The van der Waals surface area contributed by atoms with Crippen LogP contribution in [0, 0.1) is 0 Å².